The third-order valence-electron chi connectivity index (χ3n) is 3.81. The topological polar surface area (TPSA) is 127 Å². The second-order valence-electron chi connectivity index (χ2n) is 5.29. The first-order valence-corrected chi connectivity index (χ1v) is 8.68. The smallest absolute Gasteiger partial charge is 0.267 e. The van der Waals surface area contributed by atoms with Crippen molar-refractivity contribution in [2.45, 2.75) is 11.6 Å². The van der Waals surface area contributed by atoms with Crippen LogP contribution in [0.15, 0.2) is 28.3 Å². The molecule has 1 N–H and O–H groups in total. The van der Waals surface area contributed by atoms with E-state index in [2.05, 4.69) is 31.3 Å². The molecule has 0 fully saturated rings. The number of thioether (sulfide) groups is 1. The minimum Gasteiger partial charge on any atom is -0.377 e. The molecule has 0 radical (unpaired) electrons. The summed E-state index contributed by atoms with van der Waals surface area (Å²) in [5.41, 5.74) is 0.541. The number of methoxy groups -OCH3 is 1. The van der Waals surface area contributed by atoms with Gasteiger partial charge in [0.25, 0.3) is 11.3 Å². The van der Waals surface area contributed by atoms with Gasteiger partial charge in [0.05, 0.1) is 10.9 Å². The second-order valence-corrected chi connectivity index (χ2v) is 6.08. The zero-order valence-corrected chi connectivity index (χ0v) is 14.6. The number of rotatable bonds is 4. The van der Waals surface area contributed by atoms with E-state index < -0.39 is 0 Å². The summed E-state index contributed by atoms with van der Waals surface area (Å²) in [6.45, 7) is 0.249. The molecule has 0 spiro atoms. The lowest BCUT2D eigenvalue weighted by Crippen LogP contribution is -2.20. The molecule has 0 amide bonds. The van der Waals surface area contributed by atoms with Crippen LogP contribution in [0.3, 0.4) is 0 Å². The van der Waals surface area contributed by atoms with E-state index >= 15 is 0 Å². The third-order valence-corrected chi connectivity index (χ3v) is 4.49. The van der Waals surface area contributed by atoms with E-state index in [9.17, 15) is 10.1 Å². The normalized spacial score (nSPS) is 11.3. The Hall–Kier alpha value is -3.23. The minimum absolute atomic E-state index is 0.249. The lowest BCUT2D eigenvalue weighted by molar-refractivity contribution is 0.178. The van der Waals surface area contributed by atoms with Crippen molar-refractivity contribution in [1.82, 2.24) is 34.3 Å². The predicted molar refractivity (Wildman–Crippen MR) is 93.2 cm³/mol. The van der Waals surface area contributed by atoms with Crippen molar-refractivity contribution in [3.8, 4) is 11.9 Å². The summed E-state index contributed by atoms with van der Waals surface area (Å²) in [5, 5.41) is 21.4. The number of H-pyrrole nitrogens is 1. The van der Waals surface area contributed by atoms with Crippen molar-refractivity contribution in [1.29, 1.82) is 5.26 Å². The van der Waals surface area contributed by atoms with Crippen LogP contribution in [0.5, 0.6) is 0 Å². The number of nitrogens with one attached hydrogen (secondary N) is 1. The van der Waals surface area contributed by atoms with E-state index in [1.54, 1.807) is 19.4 Å². The maximum atomic E-state index is 12.9. The first-order valence-electron chi connectivity index (χ1n) is 7.45. The molecule has 4 heterocycles. The largest absolute Gasteiger partial charge is 0.377 e. The SMILES string of the molecule is COCc1nc2ncc3c(=O)n(-c4[nH]nc(SC)c4C#N)ccc3n2n1. The van der Waals surface area contributed by atoms with E-state index in [0.29, 0.717) is 38.9 Å². The van der Waals surface area contributed by atoms with Crippen molar-refractivity contribution < 1.29 is 4.74 Å². The van der Waals surface area contributed by atoms with Gasteiger partial charge in [-0.15, -0.1) is 16.9 Å². The number of pyridine rings is 1. The Bertz CT molecular complexity index is 1230. The van der Waals surface area contributed by atoms with Gasteiger partial charge in [0, 0.05) is 19.5 Å². The lowest BCUT2D eigenvalue weighted by Gasteiger charge is -2.05. The molecule has 130 valence electrons. The number of fused-ring (bicyclic) bond motifs is 3. The maximum absolute atomic E-state index is 12.9. The van der Waals surface area contributed by atoms with Crippen LogP contribution < -0.4 is 5.56 Å². The highest BCUT2D eigenvalue weighted by Crippen LogP contribution is 2.22. The van der Waals surface area contributed by atoms with Gasteiger partial charge >= 0.3 is 0 Å². The molecular weight excluding hydrogens is 356 g/mol. The molecule has 11 heteroatoms. The van der Waals surface area contributed by atoms with Gasteiger partial charge in [0.1, 0.15) is 23.3 Å². The van der Waals surface area contributed by atoms with Crippen molar-refractivity contribution in [3.05, 3.63) is 40.2 Å². The van der Waals surface area contributed by atoms with E-state index in [-0.39, 0.29) is 12.2 Å². The Balaban J connectivity index is 1.96. The van der Waals surface area contributed by atoms with E-state index in [1.807, 2.05) is 6.26 Å². The molecule has 10 nitrogen and oxygen atoms in total. The van der Waals surface area contributed by atoms with Crippen LogP contribution >= 0.6 is 11.8 Å². The highest BCUT2D eigenvalue weighted by Gasteiger charge is 2.17. The number of hydrogen-bond acceptors (Lipinski definition) is 8. The Labute approximate surface area is 150 Å². The van der Waals surface area contributed by atoms with Gasteiger partial charge in [-0.1, -0.05) is 0 Å². The van der Waals surface area contributed by atoms with Crippen LogP contribution in [0.25, 0.3) is 22.5 Å². The molecule has 26 heavy (non-hydrogen) atoms. The molecule has 0 aliphatic rings. The summed E-state index contributed by atoms with van der Waals surface area (Å²) >= 11 is 1.33. The summed E-state index contributed by atoms with van der Waals surface area (Å²) in [7, 11) is 1.55. The number of ether oxygens (including phenoxy) is 1. The second kappa shape index (κ2) is 6.25. The number of aromatic nitrogens is 7. The van der Waals surface area contributed by atoms with Gasteiger partial charge in [-0.3, -0.25) is 14.5 Å². The third kappa shape index (κ3) is 2.35. The first kappa shape index (κ1) is 16.2. The first-order chi connectivity index (χ1) is 12.7. The molecule has 0 aromatic carbocycles. The van der Waals surface area contributed by atoms with Crippen LogP contribution in [0, 0.1) is 11.3 Å². The minimum atomic E-state index is -0.339. The van der Waals surface area contributed by atoms with Crippen LogP contribution in [-0.4, -0.2) is 47.7 Å². The van der Waals surface area contributed by atoms with Crippen molar-refractivity contribution in [2.75, 3.05) is 13.4 Å². The Morgan fingerprint density at radius 1 is 1.46 bits per heavy atom. The summed E-state index contributed by atoms with van der Waals surface area (Å²) in [6, 6.07) is 3.80. The number of nitriles is 1. The van der Waals surface area contributed by atoms with Crippen molar-refractivity contribution >= 4 is 28.4 Å². The molecule has 0 atom stereocenters. The Morgan fingerprint density at radius 2 is 2.31 bits per heavy atom. The van der Waals surface area contributed by atoms with Gasteiger partial charge in [0.2, 0.25) is 0 Å². The maximum Gasteiger partial charge on any atom is 0.267 e. The zero-order chi connectivity index (χ0) is 18.3. The fraction of sp³-hybridized carbons (Fsp3) is 0.200. The summed E-state index contributed by atoms with van der Waals surface area (Å²) < 4.78 is 7.88. The molecule has 0 saturated carbocycles. The average Bonchev–Trinajstić information content (AvgIpc) is 3.25. The molecule has 4 aromatic rings. The molecule has 0 aliphatic heterocycles. The van der Waals surface area contributed by atoms with Crippen molar-refractivity contribution in [3.63, 3.8) is 0 Å². The van der Waals surface area contributed by atoms with E-state index in [0.717, 1.165) is 0 Å². The molecule has 0 unspecified atom stereocenters. The molecule has 4 aromatic heterocycles. The van der Waals surface area contributed by atoms with Crippen LogP contribution in [-0.2, 0) is 11.3 Å². The van der Waals surface area contributed by atoms with Gasteiger partial charge < -0.3 is 4.74 Å². The Kier molecular flexibility index (Phi) is 3.90. The van der Waals surface area contributed by atoms with Gasteiger partial charge in [-0.05, 0) is 12.3 Å². The van der Waals surface area contributed by atoms with Gasteiger partial charge in [-0.25, -0.2) is 4.98 Å². The number of hydrogen-bond donors (Lipinski definition) is 1. The van der Waals surface area contributed by atoms with E-state index in [4.69, 9.17) is 4.74 Å². The van der Waals surface area contributed by atoms with Gasteiger partial charge in [-0.2, -0.15) is 19.9 Å². The summed E-state index contributed by atoms with van der Waals surface area (Å²) in [6.07, 6.45) is 4.83. The van der Waals surface area contributed by atoms with Crippen LogP contribution in [0.4, 0.5) is 0 Å². The lowest BCUT2D eigenvalue weighted by atomic mass is 10.3. The summed E-state index contributed by atoms with van der Waals surface area (Å²) in [5.74, 6) is 1.18. The molecule has 4 rings (SSSR count). The predicted octanol–water partition coefficient (Wildman–Crippen LogP) is 0.891. The molecule has 0 saturated heterocycles. The quantitative estimate of drug-likeness (QED) is 0.526. The fourth-order valence-corrected chi connectivity index (χ4v) is 3.15. The highest BCUT2D eigenvalue weighted by atomic mass is 32.2. The van der Waals surface area contributed by atoms with Crippen molar-refractivity contribution in [2.24, 2.45) is 0 Å². The summed E-state index contributed by atoms with van der Waals surface area (Å²) in [4.78, 5) is 21.4. The van der Waals surface area contributed by atoms with Crippen LogP contribution in [0.1, 0.15) is 11.4 Å². The molecule has 0 bridgehead atoms. The number of aromatic amines is 1. The zero-order valence-electron chi connectivity index (χ0n) is 13.8. The Morgan fingerprint density at radius 3 is 3.04 bits per heavy atom. The molecule has 0 aliphatic carbocycles. The van der Waals surface area contributed by atoms with Gasteiger partial charge in [0.15, 0.2) is 11.6 Å². The molecular formula is C15H12N8O2S. The van der Waals surface area contributed by atoms with Crippen LogP contribution in [0.2, 0.25) is 0 Å². The monoisotopic (exact) mass is 368 g/mol. The fourth-order valence-electron chi connectivity index (χ4n) is 2.67. The average molecular weight is 368 g/mol. The number of nitrogens with zero attached hydrogens (tertiary/aromatic N) is 7. The van der Waals surface area contributed by atoms with E-state index in [1.165, 1.54) is 27.0 Å². The standard InChI is InChI=1S/C15H12N8O2S/c1-25-7-11-18-15-17-6-9-10(23(15)21-11)3-4-22(14(9)24)12-8(5-16)13(26-2)20-19-12/h3-4,6H,7H2,1-2H3,(H,19,20). The highest BCUT2D eigenvalue weighted by molar-refractivity contribution is 7.98.